The van der Waals surface area contributed by atoms with Gasteiger partial charge >= 0.3 is 0 Å². The zero-order chi connectivity index (χ0) is 13.2. The summed E-state index contributed by atoms with van der Waals surface area (Å²) in [6.45, 7) is 0.362. The van der Waals surface area contributed by atoms with Crippen LogP contribution in [0.5, 0.6) is 0 Å². The average Bonchev–Trinajstić information content (AvgIpc) is 2.76. The fourth-order valence-electron chi connectivity index (χ4n) is 1.59. The largest absolute Gasteiger partial charge is 0.326 e. The molecule has 6 nitrogen and oxygen atoms in total. The second kappa shape index (κ2) is 4.79. The molecular formula is C11H14N4O2S. The minimum absolute atomic E-state index is 0.112. The average molecular weight is 266 g/mol. The van der Waals surface area contributed by atoms with E-state index in [2.05, 4.69) is 9.82 Å². The Labute approximate surface area is 105 Å². The van der Waals surface area contributed by atoms with E-state index in [1.807, 2.05) is 6.07 Å². The maximum absolute atomic E-state index is 12.1. The summed E-state index contributed by atoms with van der Waals surface area (Å²) >= 11 is 0. The van der Waals surface area contributed by atoms with Crippen molar-refractivity contribution in [3.05, 3.63) is 42.1 Å². The molecule has 0 fully saturated rings. The summed E-state index contributed by atoms with van der Waals surface area (Å²) in [4.78, 5) is 0. The fraction of sp³-hybridized carbons (Fsp3) is 0.182. The van der Waals surface area contributed by atoms with Gasteiger partial charge in [0.05, 0.1) is 6.20 Å². The molecule has 7 heteroatoms. The molecule has 0 bridgehead atoms. The molecule has 0 radical (unpaired) electrons. The zero-order valence-corrected chi connectivity index (χ0v) is 10.7. The van der Waals surface area contributed by atoms with Gasteiger partial charge in [-0.15, -0.1) is 0 Å². The number of aromatic nitrogens is 2. The van der Waals surface area contributed by atoms with Crippen molar-refractivity contribution in [3.63, 3.8) is 0 Å². The van der Waals surface area contributed by atoms with Crippen LogP contribution >= 0.6 is 0 Å². The van der Waals surface area contributed by atoms with Gasteiger partial charge in [0, 0.05) is 19.3 Å². The molecule has 0 aliphatic rings. The first kappa shape index (κ1) is 12.6. The molecule has 0 saturated carbocycles. The standard InChI is InChI=1S/C11H14N4O2S/c1-15-11(5-6-13-15)18(16,17)14-10-4-2-3-9(7-10)8-12/h2-7,14H,8,12H2,1H3. The van der Waals surface area contributed by atoms with Gasteiger partial charge in [-0.05, 0) is 23.8 Å². The number of nitrogens with one attached hydrogen (secondary N) is 1. The van der Waals surface area contributed by atoms with Crippen molar-refractivity contribution in [1.82, 2.24) is 9.78 Å². The molecule has 0 saturated heterocycles. The minimum atomic E-state index is -3.62. The molecule has 0 spiro atoms. The van der Waals surface area contributed by atoms with Crippen LogP contribution in [0.4, 0.5) is 5.69 Å². The molecular weight excluding hydrogens is 252 g/mol. The Morgan fingerprint density at radius 2 is 2.17 bits per heavy atom. The highest BCUT2D eigenvalue weighted by Crippen LogP contribution is 2.16. The fourth-order valence-corrected chi connectivity index (χ4v) is 2.77. The maximum Gasteiger partial charge on any atom is 0.279 e. The number of anilines is 1. The molecule has 0 aliphatic carbocycles. The van der Waals surface area contributed by atoms with Crippen molar-refractivity contribution in [1.29, 1.82) is 0 Å². The van der Waals surface area contributed by atoms with Gasteiger partial charge in [0.25, 0.3) is 10.0 Å². The van der Waals surface area contributed by atoms with Crippen molar-refractivity contribution < 1.29 is 8.42 Å². The number of hydrogen-bond acceptors (Lipinski definition) is 4. The summed E-state index contributed by atoms with van der Waals surface area (Å²) in [6.07, 6.45) is 1.44. The van der Waals surface area contributed by atoms with Crippen molar-refractivity contribution in [2.45, 2.75) is 11.6 Å². The SMILES string of the molecule is Cn1nccc1S(=O)(=O)Nc1cccc(CN)c1. The first-order valence-electron chi connectivity index (χ1n) is 5.33. The lowest BCUT2D eigenvalue weighted by molar-refractivity contribution is 0.582. The Morgan fingerprint density at radius 3 is 2.78 bits per heavy atom. The van der Waals surface area contributed by atoms with Crippen LogP contribution < -0.4 is 10.5 Å². The van der Waals surface area contributed by atoms with Gasteiger partial charge in [0.2, 0.25) is 0 Å². The van der Waals surface area contributed by atoms with Crippen LogP contribution in [0.2, 0.25) is 0 Å². The van der Waals surface area contributed by atoms with E-state index >= 15 is 0 Å². The highest BCUT2D eigenvalue weighted by Gasteiger charge is 2.17. The Kier molecular flexibility index (Phi) is 3.35. The predicted molar refractivity (Wildman–Crippen MR) is 68.3 cm³/mol. The second-order valence-electron chi connectivity index (χ2n) is 3.80. The number of rotatable bonds is 4. The van der Waals surface area contributed by atoms with Gasteiger partial charge in [-0.3, -0.25) is 9.40 Å². The summed E-state index contributed by atoms with van der Waals surface area (Å²) < 4.78 is 28.0. The van der Waals surface area contributed by atoms with E-state index in [0.29, 0.717) is 12.2 Å². The van der Waals surface area contributed by atoms with Gasteiger partial charge in [-0.1, -0.05) is 12.1 Å². The topological polar surface area (TPSA) is 90.0 Å². The van der Waals surface area contributed by atoms with Crippen LogP contribution in [0.15, 0.2) is 41.6 Å². The van der Waals surface area contributed by atoms with E-state index in [1.165, 1.54) is 16.9 Å². The van der Waals surface area contributed by atoms with Crippen molar-refractivity contribution in [2.24, 2.45) is 12.8 Å². The van der Waals surface area contributed by atoms with Gasteiger partial charge < -0.3 is 5.73 Å². The number of benzene rings is 1. The summed E-state index contributed by atoms with van der Waals surface area (Å²) in [6, 6.07) is 8.40. The summed E-state index contributed by atoms with van der Waals surface area (Å²) in [7, 11) is -2.04. The van der Waals surface area contributed by atoms with E-state index in [0.717, 1.165) is 5.56 Å². The van der Waals surface area contributed by atoms with Crippen LogP contribution in [0.25, 0.3) is 0 Å². The number of aryl methyl sites for hydroxylation is 1. The highest BCUT2D eigenvalue weighted by molar-refractivity contribution is 7.92. The molecule has 0 unspecified atom stereocenters. The number of nitrogens with two attached hydrogens (primary N) is 1. The quantitative estimate of drug-likeness (QED) is 0.851. The van der Waals surface area contributed by atoms with E-state index < -0.39 is 10.0 Å². The number of nitrogens with zero attached hydrogens (tertiary/aromatic N) is 2. The summed E-state index contributed by atoms with van der Waals surface area (Å²) in [5.74, 6) is 0. The van der Waals surface area contributed by atoms with Gasteiger partial charge in [-0.2, -0.15) is 13.5 Å². The third kappa shape index (κ3) is 2.52. The molecule has 1 aromatic heterocycles. The van der Waals surface area contributed by atoms with E-state index in [-0.39, 0.29) is 5.03 Å². The molecule has 18 heavy (non-hydrogen) atoms. The van der Waals surface area contributed by atoms with Crippen molar-refractivity contribution in [3.8, 4) is 0 Å². The molecule has 1 aromatic carbocycles. The third-order valence-corrected chi connectivity index (χ3v) is 3.92. The molecule has 0 amide bonds. The lowest BCUT2D eigenvalue weighted by Crippen LogP contribution is -2.16. The van der Waals surface area contributed by atoms with Crippen LogP contribution in [0.3, 0.4) is 0 Å². The van der Waals surface area contributed by atoms with Crippen LogP contribution in [-0.4, -0.2) is 18.2 Å². The van der Waals surface area contributed by atoms with Crippen molar-refractivity contribution >= 4 is 15.7 Å². The monoisotopic (exact) mass is 266 g/mol. The molecule has 0 atom stereocenters. The molecule has 96 valence electrons. The Hall–Kier alpha value is -1.86. The lowest BCUT2D eigenvalue weighted by Gasteiger charge is -2.08. The predicted octanol–water partition coefficient (Wildman–Crippen LogP) is 0.680. The van der Waals surface area contributed by atoms with Gasteiger partial charge in [0.1, 0.15) is 0 Å². The van der Waals surface area contributed by atoms with Crippen LogP contribution in [0.1, 0.15) is 5.56 Å². The third-order valence-electron chi connectivity index (χ3n) is 2.47. The van der Waals surface area contributed by atoms with E-state index in [1.54, 1.807) is 25.2 Å². The molecule has 2 aromatic rings. The van der Waals surface area contributed by atoms with E-state index in [9.17, 15) is 8.42 Å². The first-order chi connectivity index (χ1) is 8.53. The molecule has 1 heterocycles. The normalized spacial score (nSPS) is 11.4. The van der Waals surface area contributed by atoms with Crippen LogP contribution in [-0.2, 0) is 23.6 Å². The number of sulfonamides is 1. The molecule has 2 rings (SSSR count). The first-order valence-corrected chi connectivity index (χ1v) is 6.81. The van der Waals surface area contributed by atoms with Crippen molar-refractivity contribution in [2.75, 3.05) is 4.72 Å². The smallest absolute Gasteiger partial charge is 0.279 e. The summed E-state index contributed by atoms with van der Waals surface area (Å²) in [5.41, 5.74) is 6.86. The Balaban J connectivity index is 2.31. The highest BCUT2D eigenvalue weighted by atomic mass is 32.2. The van der Waals surface area contributed by atoms with Gasteiger partial charge in [-0.25, -0.2) is 0 Å². The second-order valence-corrected chi connectivity index (χ2v) is 5.43. The molecule has 3 N–H and O–H groups in total. The lowest BCUT2D eigenvalue weighted by atomic mass is 10.2. The minimum Gasteiger partial charge on any atom is -0.326 e. The Bertz CT molecular complexity index is 649. The number of hydrogen-bond donors (Lipinski definition) is 2. The van der Waals surface area contributed by atoms with Gasteiger partial charge in [0.15, 0.2) is 5.03 Å². The molecule has 0 aliphatic heterocycles. The zero-order valence-electron chi connectivity index (χ0n) is 9.87. The van der Waals surface area contributed by atoms with E-state index in [4.69, 9.17) is 5.73 Å². The maximum atomic E-state index is 12.1. The van der Waals surface area contributed by atoms with Crippen LogP contribution in [0, 0.1) is 0 Å². The Morgan fingerprint density at radius 1 is 1.39 bits per heavy atom. The summed E-state index contributed by atoms with van der Waals surface area (Å²) in [5, 5.41) is 3.95.